The number of hydrogen-bond donors (Lipinski definition) is 3. The molecule has 0 aliphatic heterocycles. The number of hydrogen-bond acceptors (Lipinski definition) is 7. The molecule has 0 unspecified atom stereocenters. The van der Waals surface area contributed by atoms with Crippen molar-refractivity contribution in [1.29, 1.82) is 0 Å². The molecule has 4 aromatic rings. The maximum absolute atomic E-state index is 13.2. The van der Waals surface area contributed by atoms with Crippen molar-refractivity contribution < 1.29 is 14.3 Å². The first kappa shape index (κ1) is 26.8. The van der Waals surface area contributed by atoms with Crippen LogP contribution in [0.5, 0.6) is 5.88 Å². The van der Waals surface area contributed by atoms with Gasteiger partial charge in [0.25, 0.3) is 5.91 Å². The van der Waals surface area contributed by atoms with Gasteiger partial charge in [0.1, 0.15) is 5.82 Å². The summed E-state index contributed by atoms with van der Waals surface area (Å²) < 4.78 is 5.22. The summed E-state index contributed by atoms with van der Waals surface area (Å²) in [5, 5.41) is 10.00. The van der Waals surface area contributed by atoms with Crippen LogP contribution in [0, 0.1) is 5.41 Å². The largest absolute Gasteiger partial charge is 0.481 e. The lowest BCUT2D eigenvalue weighted by Crippen LogP contribution is -2.34. The van der Waals surface area contributed by atoms with Crippen LogP contribution in [-0.4, -0.2) is 40.9 Å². The van der Waals surface area contributed by atoms with E-state index in [0.29, 0.717) is 39.3 Å². The zero-order chi connectivity index (χ0) is 27.4. The van der Waals surface area contributed by atoms with E-state index in [1.807, 2.05) is 26.8 Å². The molecule has 196 valence electrons. The molecule has 0 saturated heterocycles. The Bertz CT molecular complexity index is 1520. The van der Waals surface area contributed by atoms with E-state index in [1.54, 1.807) is 62.8 Å². The maximum atomic E-state index is 13.2. The Labute approximate surface area is 226 Å². The summed E-state index contributed by atoms with van der Waals surface area (Å²) in [4.78, 5) is 38.9. The molecule has 2 aromatic carbocycles. The third kappa shape index (κ3) is 6.00. The number of nitrogens with zero attached hydrogens (tertiary/aromatic N) is 3. The number of benzene rings is 2. The standard InChI is InChI=1S/C28H29ClN6O3/c1-28(2,3)27(37)32-15-16-6-9-21(29)20(12-16)26(36)33-18-7-8-19-22(14-18)34-24(35-25(19)30-4)17-10-11-31-23(13-17)38-5/h6-14H,15H2,1-5H3,(H,32,37)(H,33,36)(H,30,34,35). The number of rotatable bonds is 7. The van der Waals surface area contributed by atoms with Crippen LogP contribution in [0.1, 0.15) is 36.7 Å². The van der Waals surface area contributed by atoms with Crippen molar-refractivity contribution in [3.8, 4) is 17.3 Å². The normalized spacial score (nSPS) is 11.2. The molecule has 0 bridgehead atoms. The molecule has 2 amide bonds. The van der Waals surface area contributed by atoms with Crippen LogP contribution in [0.4, 0.5) is 11.5 Å². The number of pyridine rings is 1. The number of halogens is 1. The molecule has 0 atom stereocenters. The molecular weight excluding hydrogens is 504 g/mol. The number of nitrogens with one attached hydrogen (secondary N) is 3. The molecule has 0 aliphatic carbocycles. The topological polar surface area (TPSA) is 118 Å². The molecule has 2 aromatic heterocycles. The van der Waals surface area contributed by atoms with E-state index < -0.39 is 5.41 Å². The first-order valence-corrected chi connectivity index (χ1v) is 12.3. The van der Waals surface area contributed by atoms with Gasteiger partial charge in [-0.05, 0) is 42.0 Å². The van der Waals surface area contributed by atoms with Crippen molar-refractivity contribution in [1.82, 2.24) is 20.3 Å². The van der Waals surface area contributed by atoms with Crippen molar-refractivity contribution in [2.24, 2.45) is 5.41 Å². The highest BCUT2D eigenvalue weighted by atomic mass is 35.5. The number of fused-ring (bicyclic) bond motifs is 1. The number of carbonyl (C=O) groups excluding carboxylic acids is 2. The van der Waals surface area contributed by atoms with Crippen molar-refractivity contribution in [3.05, 3.63) is 70.9 Å². The molecule has 9 nitrogen and oxygen atoms in total. The zero-order valence-corrected chi connectivity index (χ0v) is 22.6. The van der Waals surface area contributed by atoms with Crippen molar-refractivity contribution in [2.45, 2.75) is 27.3 Å². The quantitative estimate of drug-likeness (QED) is 0.295. The number of anilines is 2. The molecule has 0 radical (unpaired) electrons. The summed E-state index contributed by atoms with van der Waals surface area (Å²) in [5.74, 6) is 1.13. The van der Waals surface area contributed by atoms with Gasteiger partial charge in [-0.1, -0.05) is 38.4 Å². The van der Waals surface area contributed by atoms with Crippen LogP contribution in [0.2, 0.25) is 5.02 Å². The van der Waals surface area contributed by atoms with Gasteiger partial charge in [0.15, 0.2) is 5.82 Å². The first-order valence-electron chi connectivity index (χ1n) is 12.0. The van der Waals surface area contributed by atoms with Crippen LogP contribution in [0.25, 0.3) is 22.3 Å². The van der Waals surface area contributed by atoms with Gasteiger partial charge in [0.2, 0.25) is 11.8 Å². The third-order valence-corrected chi connectivity index (χ3v) is 6.13. The van der Waals surface area contributed by atoms with Crippen LogP contribution in [0.3, 0.4) is 0 Å². The van der Waals surface area contributed by atoms with Gasteiger partial charge in [0.05, 0.1) is 23.2 Å². The fourth-order valence-corrected chi connectivity index (χ4v) is 3.89. The summed E-state index contributed by atoms with van der Waals surface area (Å²) in [5.41, 5.74) is 2.48. The molecule has 38 heavy (non-hydrogen) atoms. The van der Waals surface area contributed by atoms with Crippen molar-refractivity contribution >= 4 is 45.8 Å². The van der Waals surface area contributed by atoms with Gasteiger partial charge in [-0.25, -0.2) is 15.0 Å². The van der Waals surface area contributed by atoms with E-state index in [9.17, 15) is 9.59 Å². The Kier molecular flexibility index (Phi) is 7.78. The average Bonchev–Trinajstić information content (AvgIpc) is 2.90. The Balaban J connectivity index is 1.60. The van der Waals surface area contributed by atoms with E-state index in [1.165, 1.54) is 0 Å². The number of amides is 2. The average molecular weight is 533 g/mol. The van der Waals surface area contributed by atoms with Crippen LogP contribution >= 0.6 is 11.6 Å². The van der Waals surface area contributed by atoms with E-state index in [4.69, 9.17) is 21.3 Å². The maximum Gasteiger partial charge on any atom is 0.257 e. The van der Waals surface area contributed by atoms with Gasteiger partial charge in [-0.2, -0.15) is 0 Å². The van der Waals surface area contributed by atoms with Crippen molar-refractivity contribution in [2.75, 3.05) is 24.8 Å². The van der Waals surface area contributed by atoms with Gasteiger partial charge in [-0.15, -0.1) is 0 Å². The van der Waals surface area contributed by atoms with Crippen molar-refractivity contribution in [3.63, 3.8) is 0 Å². The number of aromatic nitrogens is 3. The molecule has 0 aliphatic rings. The van der Waals surface area contributed by atoms with Gasteiger partial charge in [-0.3, -0.25) is 9.59 Å². The fraction of sp³-hybridized carbons (Fsp3) is 0.250. The minimum atomic E-state index is -0.511. The summed E-state index contributed by atoms with van der Waals surface area (Å²) >= 11 is 6.35. The predicted octanol–water partition coefficient (Wildman–Crippen LogP) is 5.31. The smallest absolute Gasteiger partial charge is 0.257 e. The number of methoxy groups -OCH3 is 1. The van der Waals surface area contributed by atoms with E-state index in [-0.39, 0.29) is 18.4 Å². The van der Waals surface area contributed by atoms with Crippen LogP contribution in [0.15, 0.2) is 54.7 Å². The second kappa shape index (κ2) is 11.0. The highest BCUT2D eigenvalue weighted by molar-refractivity contribution is 6.34. The van der Waals surface area contributed by atoms with Crippen LogP contribution in [-0.2, 0) is 11.3 Å². The number of carbonyl (C=O) groups is 2. The van der Waals surface area contributed by atoms with Gasteiger partial charge >= 0.3 is 0 Å². The molecule has 3 N–H and O–H groups in total. The molecule has 0 saturated carbocycles. The molecule has 0 spiro atoms. The fourth-order valence-electron chi connectivity index (χ4n) is 3.69. The zero-order valence-electron chi connectivity index (χ0n) is 21.8. The molecule has 4 rings (SSSR count). The van der Waals surface area contributed by atoms with E-state index in [0.717, 1.165) is 16.5 Å². The Morgan fingerprint density at radius 3 is 2.53 bits per heavy atom. The second-order valence-electron chi connectivity index (χ2n) is 9.67. The Morgan fingerprint density at radius 2 is 1.82 bits per heavy atom. The summed E-state index contributed by atoms with van der Waals surface area (Å²) in [7, 11) is 3.33. The molecule has 10 heteroatoms. The first-order chi connectivity index (χ1) is 18.1. The minimum Gasteiger partial charge on any atom is -0.481 e. The van der Waals surface area contributed by atoms with Crippen LogP contribution < -0.4 is 20.7 Å². The van der Waals surface area contributed by atoms with E-state index >= 15 is 0 Å². The van der Waals surface area contributed by atoms with E-state index in [2.05, 4.69) is 25.9 Å². The van der Waals surface area contributed by atoms with Gasteiger partial charge in [0, 0.05) is 47.9 Å². The molecule has 2 heterocycles. The summed E-state index contributed by atoms with van der Waals surface area (Å²) in [6, 6.07) is 14.1. The highest BCUT2D eigenvalue weighted by Gasteiger charge is 2.21. The summed E-state index contributed by atoms with van der Waals surface area (Å²) in [6.45, 7) is 5.81. The summed E-state index contributed by atoms with van der Waals surface area (Å²) in [6.07, 6.45) is 1.63. The molecular formula is C28H29ClN6O3. The monoisotopic (exact) mass is 532 g/mol. The second-order valence-corrected chi connectivity index (χ2v) is 10.1. The SMILES string of the molecule is CNc1nc(-c2ccnc(OC)c2)nc2cc(NC(=O)c3cc(CNC(=O)C(C)(C)C)ccc3Cl)ccc12. The Morgan fingerprint density at radius 1 is 1.03 bits per heavy atom. The predicted molar refractivity (Wildman–Crippen MR) is 150 cm³/mol. The highest BCUT2D eigenvalue weighted by Crippen LogP contribution is 2.28. The van der Waals surface area contributed by atoms with Gasteiger partial charge < -0.3 is 20.7 Å². The Hall–Kier alpha value is -4.24. The molecule has 0 fully saturated rings. The lowest BCUT2D eigenvalue weighted by Gasteiger charge is -2.18. The lowest BCUT2D eigenvalue weighted by molar-refractivity contribution is -0.128. The number of ether oxygens (including phenoxy) is 1. The minimum absolute atomic E-state index is 0.0814. The lowest BCUT2D eigenvalue weighted by atomic mass is 9.95. The third-order valence-electron chi connectivity index (χ3n) is 5.80.